The van der Waals surface area contributed by atoms with Gasteiger partial charge in [-0.05, 0) is 30.0 Å². The third-order valence-corrected chi connectivity index (χ3v) is 5.38. The summed E-state index contributed by atoms with van der Waals surface area (Å²) in [4.78, 5) is 16.1. The minimum atomic E-state index is -4.79. The molecule has 2 aromatic rings. The Labute approximate surface area is 171 Å². The molecule has 2 atom stereocenters. The van der Waals surface area contributed by atoms with Crippen LogP contribution in [-0.2, 0) is 11.0 Å². The molecule has 12 heteroatoms. The molecule has 1 aliphatic carbocycles. The number of rotatable bonds is 4. The van der Waals surface area contributed by atoms with Gasteiger partial charge in [-0.3, -0.25) is 4.79 Å². The summed E-state index contributed by atoms with van der Waals surface area (Å²) in [6, 6.07) is 7.56. The Bertz CT molecular complexity index is 1050. The molecule has 1 aromatic heterocycles. The van der Waals surface area contributed by atoms with E-state index in [1.165, 1.54) is 18.2 Å². The molecule has 30 heavy (non-hydrogen) atoms. The fourth-order valence-corrected chi connectivity index (χ4v) is 4.02. The van der Waals surface area contributed by atoms with Crippen molar-refractivity contribution in [3.63, 3.8) is 0 Å². The number of aromatic nitrogens is 2. The van der Waals surface area contributed by atoms with Crippen LogP contribution >= 0.6 is 11.5 Å². The first-order valence-electron chi connectivity index (χ1n) is 8.58. The van der Waals surface area contributed by atoms with Crippen molar-refractivity contribution in [3.05, 3.63) is 40.7 Å². The Morgan fingerprint density at radius 3 is 2.50 bits per heavy atom. The van der Waals surface area contributed by atoms with E-state index in [2.05, 4.69) is 14.7 Å². The third kappa shape index (κ3) is 4.54. The van der Waals surface area contributed by atoms with Crippen molar-refractivity contribution in [3.8, 4) is 12.1 Å². The number of carbonyl (C=O) groups is 1. The maximum absolute atomic E-state index is 13.8. The maximum Gasteiger partial charge on any atom is 0.452 e. The van der Waals surface area contributed by atoms with Crippen LogP contribution in [-0.4, -0.2) is 21.2 Å². The molecule has 1 amide bonds. The van der Waals surface area contributed by atoms with E-state index in [1.54, 1.807) is 0 Å². The summed E-state index contributed by atoms with van der Waals surface area (Å²) >= 11 is 0.317. The first-order valence-corrected chi connectivity index (χ1v) is 9.35. The standard InChI is InChI=1S/C18H12F5N5OS/c19-17(20)4-3-10(6-17)13(9-1-2-11(7-24)12(5-9)8-25)14(29)26-16-27-15(28-30-16)18(21,22)23/h1-2,5,10,13H,3-4,6H2,(H,26,27,28,29)/t10-,13+/m0/s1. The van der Waals surface area contributed by atoms with Crippen LogP contribution in [0.5, 0.6) is 0 Å². The van der Waals surface area contributed by atoms with E-state index in [9.17, 15) is 32.0 Å². The molecule has 1 aliphatic rings. The van der Waals surface area contributed by atoms with Gasteiger partial charge in [0.05, 0.1) is 17.0 Å². The van der Waals surface area contributed by atoms with Crippen LogP contribution < -0.4 is 5.32 Å². The average Bonchev–Trinajstić information content (AvgIpc) is 3.28. The van der Waals surface area contributed by atoms with Gasteiger partial charge in [0.2, 0.25) is 22.8 Å². The number of alkyl halides is 5. The van der Waals surface area contributed by atoms with E-state index in [4.69, 9.17) is 5.26 Å². The minimum absolute atomic E-state index is 0.0108. The molecule has 156 valence electrons. The highest BCUT2D eigenvalue weighted by Crippen LogP contribution is 2.46. The molecule has 0 aliphatic heterocycles. The van der Waals surface area contributed by atoms with Crippen LogP contribution in [0.2, 0.25) is 0 Å². The second-order valence-electron chi connectivity index (χ2n) is 6.78. The van der Waals surface area contributed by atoms with Crippen molar-refractivity contribution in [1.82, 2.24) is 9.36 Å². The Kier molecular flexibility index (Phi) is 5.72. The number of nitrogens with one attached hydrogen (secondary N) is 1. The van der Waals surface area contributed by atoms with Crippen molar-refractivity contribution in [2.45, 2.75) is 37.3 Å². The normalized spacial score (nSPS) is 19.0. The highest BCUT2D eigenvalue weighted by molar-refractivity contribution is 7.09. The molecule has 0 radical (unpaired) electrons. The van der Waals surface area contributed by atoms with Crippen LogP contribution in [0.25, 0.3) is 0 Å². The Hall–Kier alpha value is -3.12. The van der Waals surface area contributed by atoms with Gasteiger partial charge in [0.1, 0.15) is 12.1 Å². The van der Waals surface area contributed by atoms with E-state index < -0.39 is 53.6 Å². The smallest absolute Gasteiger partial charge is 0.300 e. The van der Waals surface area contributed by atoms with Crippen LogP contribution in [0.15, 0.2) is 18.2 Å². The number of amides is 1. The van der Waals surface area contributed by atoms with Gasteiger partial charge in [-0.2, -0.15) is 33.1 Å². The lowest BCUT2D eigenvalue weighted by Gasteiger charge is -2.23. The number of hydrogen-bond acceptors (Lipinski definition) is 6. The lowest BCUT2D eigenvalue weighted by molar-refractivity contribution is -0.144. The zero-order chi connectivity index (χ0) is 22.1. The quantitative estimate of drug-likeness (QED) is 0.706. The minimum Gasteiger partial charge on any atom is -0.300 e. The predicted octanol–water partition coefficient (Wildman–Crippen LogP) is 4.46. The molecule has 1 N–H and O–H groups in total. The summed E-state index contributed by atoms with van der Waals surface area (Å²) in [7, 11) is 0. The fraction of sp³-hybridized carbons (Fsp3) is 0.389. The number of anilines is 1. The predicted molar refractivity (Wildman–Crippen MR) is 94.4 cm³/mol. The molecule has 1 saturated carbocycles. The molecule has 3 rings (SSSR count). The van der Waals surface area contributed by atoms with E-state index in [-0.39, 0.29) is 23.1 Å². The summed E-state index contributed by atoms with van der Waals surface area (Å²) in [6.45, 7) is 0. The van der Waals surface area contributed by atoms with E-state index in [0.29, 0.717) is 11.5 Å². The van der Waals surface area contributed by atoms with Gasteiger partial charge in [0, 0.05) is 24.4 Å². The highest BCUT2D eigenvalue weighted by Gasteiger charge is 2.45. The van der Waals surface area contributed by atoms with E-state index in [0.717, 1.165) is 0 Å². The maximum atomic E-state index is 13.8. The molecule has 1 aromatic carbocycles. The topological polar surface area (TPSA) is 102 Å². The first kappa shape index (κ1) is 21.6. The van der Waals surface area contributed by atoms with Gasteiger partial charge in [-0.25, -0.2) is 8.78 Å². The van der Waals surface area contributed by atoms with Crippen molar-refractivity contribution < 1.29 is 26.7 Å². The van der Waals surface area contributed by atoms with E-state index in [1.807, 2.05) is 12.1 Å². The van der Waals surface area contributed by atoms with Crippen LogP contribution in [0.1, 0.15) is 47.7 Å². The van der Waals surface area contributed by atoms with Gasteiger partial charge in [-0.1, -0.05) is 6.07 Å². The number of benzene rings is 1. The summed E-state index contributed by atoms with van der Waals surface area (Å²) in [5, 5.41) is 20.1. The lowest BCUT2D eigenvalue weighted by Crippen LogP contribution is -2.27. The average molecular weight is 441 g/mol. The van der Waals surface area contributed by atoms with Crippen molar-refractivity contribution in [2.75, 3.05) is 5.32 Å². The number of hydrogen-bond donors (Lipinski definition) is 1. The molecule has 0 bridgehead atoms. The zero-order valence-corrected chi connectivity index (χ0v) is 15.8. The van der Waals surface area contributed by atoms with E-state index >= 15 is 0 Å². The van der Waals surface area contributed by atoms with Crippen molar-refractivity contribution in [1.29, 1.82) is 10.5 Å². The van der Waals surface area contributed by atoms with Crippen LogP contribution in [0, 0.1) is 28.6 Å². The first-order chi connectivity index (χ1) is 14.0. The zero-order valence-electron chi connectivity index (χ0n) is 15.0. The van der Waals surface area contributed by atoms with Crippen molar-refractivity contribution in [2.24, 2.45) is 5.92 Å². The van der Waals surface area contributed by atoms with Crippen LogP contribution in [0.3, 0.4) is 0 Å². The molecule has 6 nitrogen and oxygen atoms in total. The second kappa shape index (κ2) is 7.95. The summed E-state index contributed by atoms with van der Waals surface area (Å²) in [5.41, 5.74) is 0.232. The molecule has 0 unspecified atom stereocenters. The summed E-state index contributed by atoms with van der Waals surface area (Å²) in [6.07, 6.45) is -5.80. The molecule has 1 heterocycles. The summed E-state index contributed by atoms with van der Waals surface area (Å²) < 4.78 is 68.7. The SMILES string of the molecule is N#Cc1ccc([C@@H](C(=O)Nc2nc(C(F)(F)F)ns2)[C@H]2CCC(F)(F)C2)cc1C#N. The van der Waals surface area contributed by atoms with Crippen LogP contribution in [0.4, 0.5) is 27.1 Å². The van der Waals surface area contributed by atoms with Gasteiger partial charge in [-0.15, -0.1) is 0 Å². The number of nitrogens with zero attached hydrogens (tertiary/aromatic N) is 4. The molecular formula is C18H12F5N5OS. The Balaban J connectivity index is 1.94. The molecule has 0 saturated heterocycles. The Morgan fingerprint density at radius 1 is 1.27 bits per heavy atom. The monoisotopic (exact) mass is 441 g/mol. The highest BCUT2D eigenvalue weighted by atomic mass is 32.1. The largest absolute Gasteiger partial charge is 0.452 e. The van der Waals surface area contributed by atoms with Crippen molar-refractivity contribution >= 4 is 22.6 Å². The number of nitriles is 2. The third-order valence-electron chi connectivity index (χ3n) is 4.75. The van der Waals surface area contributed by atoms with Gasteiger partial charge >= 0.3 is 6.18 Å². The molecule has 0 spiro atoms. The van der Waals surface area contributed by atoms with Gasteiger partial charge < -0.3 is 5.32 Å². The van der Waals surface area contributed by atoms with Gasteiger partial charge in [0.25, 0.3) is 0 Å². The molecular weight excluding hydrogens is 429 g/mol. The number of halogens is 5. The Morgan fingerprint density at radius 2 is 1.97 bits per heavy atom. The fourth-order valence-electron chi connectivity index (χ4n) is 3.42. The van der Waals surface area contributed by atoms with Gasteiger partial charge in [0.15, 0.2) is 0 Å². The lowest BCUT2D eigenvalue weighted by atomic mass is 9.83. The number of carbonyl (C=O) groups excluding carboxylic acids is 1. The second-order valence-corrected chi connectivity index (χ2v) is 7.53. The summed E-state index contributed by atoms with van der Waals surface area (Å²) in [5.74, 6) is -7.21. The molecule has 1 fully saturated rings.